The zero-order chi connectivity index (χ0) is 16.5. The van der Waals surface area contributed by atoms with Gasteiger partial charge in [-0.05, 0) is 32.6 Å². The van der Waals surface area contributed by atoms with Gasteiger partial charge in [0.05, 0.1) is 12.2 Å². The highest BCUT2D eigenvalue weighted by Crippen LogP contribution is 2.25. The van der Waals surface area contributed by atoms with Gasteiger partial charge < -0.3 is 24.8 Å². The lowest BCUT2D eigenvalue weighted by atomic mass is 9.99. The predicted molar refractivity (Wildman–Crippen MR) is 85.4 cm³/mol. The molecule has 3 N–H and O–H groups in total. The summed E-state index contributed by atoms with van der Waals surface area (Å²) in [5.41, 5.74) is 0. The van der Waals surface area contributed by atoms with E-state index in [0.29, 0.717) is 0 Å². The maximum absolute atomic E-state index is 10.0. The van der Waals surface area contributed by atoms with E-state index in [9.17, 15) is 15.3 Å². The molecule has 1 fully saturated rings. The number of hydrogen-bond acceptors (Lipinski definition) is 5. The Labute approximate surface area is 133 Å². The molecule has 1 saturated heterocycles. The van der Waals surface area contributed by atoms with E-state index in [2.05, 4.69) is 13.5 Å². The van der Waals surface area contributed by atoms with Crippen LogP contribution in [0.4, 0.5) is 0 Å². The van der Waals surface area contributed by atoms with Crippen LogP contribution in [0.1, 0.15) is 58.8 Å². The van der Waals surface area contributed by atoms with Crippen LogP contribution in [0.15, 0.2) is 12.7 Å². The van der Waals surface area contributed by atoms with Crippen molar-refractivity contribution in [3.63, 3.8) is 0 Å². The Hall–Kier alpha value is -0.460. The van der Waals surface area contributed by atoms with Crippen molar-refractivity contribution in [1.82, 2.24) is 0 Å². The third kappa shape index (κ3) is 5.97. The molecule has 0 spiro atoms. The molecule has 6 atom stereocenters. The minimum absolute atomic E-state index is 0.0132. The molecule has 1 rings (SSSR count). The number of allylic oxidation sites excluding steroid dienone is 1. The zero-order valence-electron chi connectivity index (χ0n) is 13.9. The van der Waals surface area contributed by atoms with Gasteiger partial charge in [-0.25, -0.2) is 0 Å². The quantitative estimate of drug-likeness (QED) is 0.425. The fourth-order valence-electron chi connectivity index (χ4n) is 2.71. The summed E-state index contributed by atoms with van der Waals surface area (Å²) in [6.07, 6.45) is 3.92. The number of hydrogen-bond donors (Lipinski definition) is 3. The van der Waals surface area contributed by atoms with Crippen molar-refractivity contribution in [2.24, 2.45) is 0 Å². The van der Waals surface area contributed by atoms with Gasteiger partial charge in [0, 0.05) is 0 Å². The first-order chi connectivity index (χ1) is 10.5. The molecule has 0 amide bonds. The smallest absolute Gasteiger partial charge is 0.186 e. The minimum Gasteiger partial charge on any atom is -0.388 e. The van der Waals surface area contributed by atoms with Crippen LogP contribution in [0, 0.1) is 0 Å². The number of ether oxygens (including phenoxy) is 2. The number of aliphatic hydroxyl groups excluding tert-OH is 3. The van der Waals surface area contributed by atoms with Crippen molar-refractivity contribution in [2.45, 2.75) is 95.6 Å². The molecular weight excluding hydrogens is 284 g/mol. The van der Waals surface area contributed by atoms with E-state index in [1.165, 1.54) is 0 Å². The van der Waals surface area contributed by atoms with E-state index in [1.807, 2.05) is 6.08 Å². The molecule has 0 aromatic heterocycles. The first-order valence-electron chi connectivity index (χ1n) is 8.47. The highest BCUT2D eigenvalue weighted by atomic mass is 16.7. The van der Waals surface area contributed by atoms with Gasteiger partial charge in [0.25, 0.3) is 0 Å². The Morgan fingerprint density at radius 1 is 1.09 bits per heavy atom. The second-order valence-electron chi connectivity index (χ2n) is 6.15. The summed E-state index contributed by atoms with van der Waals surface area (Å²) in [5.74, 6) is 0. The summed E-state index contributed by atoms with van der Waals surface area (Å²) in [5, 5.41) is 29.6. The lowest BCUT2D eigenvalue weighted by molar-refractivity contribution is -0.305. The van der Waals surface area contributed by atoms with Crippen LogP contribution >= 0.6 is 0 Å². The first kappa shape index (κ1) is 19.6. The topological polar surface area (TPSA) is 79.2 Å². The summed E-state index contributed by atoms with van der Waals surface area (Å²) < 4.78 is 11.4. The second kappa shape index (κ2) is 10.3. The molecule has 0 bridgehead atoms. The standard InChI is InChI=1S/C17H32O5/c1-4-6-8-10-13(11-9-7-5-2)22-17-16(20)15(19)14(18)12(3)21-17/h4,12-20H,1,5-11H2,2-3H3/t12-,13-,14+,15+,16-,17+/m1/s1. The molecule has 5 nitrogen and oxygen atoms in total. The van der Waals surface area contributed by atoms with Gasteiger partial charge in [0.2, 0.25) is 0 Å². The lowest BCUT2D eigenvalue weighted by Gasteiger charge is -2.40. The Balaban J connectivity index is 2.55. The minimum atomic E-state index is -1.24. The molecular formula is C17H32O5. The molecule has 0 aliphatic carbocycles. The van der Waals surface area contributed by atoms with Crippen molar-refractivity contribution < 1.29 is 24.8 Å². The van der Waals surface area contributed by atoms with E-state index in [1.54, 1.807) is 6.92 Å². The van der Waals surface area contributed by atoms with E-state index in [-0.39, 0.29) is 6.10 Å². The van der Waals surface area contributed by atoms with Gasteiger partial charge in [-0.15, -0.1) is 6.58 Å². The maximum Gasteiger partial charge on any atom is 0.186 e. The Morgan fingerprint density at radius 2 is 1.77 bits per heavy atom. The van der Waals surface area contributed by atoms with Gasteiger partial charge in [-0.3, -0.25) is 0 Å². The van der Waals surface area contributed by atoms with Crippen LogP contribution in [0.3, 0.4) is 0 Å². The van der Waals surface area contributed by atoms with E-state index < -0.39 is 30.7 Å². The van der Waals surface area contributed by atoms with Gasteiger partial charge in [-0.1, -0.05) is 32.3 Å². The first-order valence-corrected chi connectivity index (χ1v) is 8.47. The molecule has 0 radical (unpaired) electrons. The number of unbranched alkanes of at least 4 members (excludes halogenated alkanes) is 3. The molecule has 1 aliphatic rings. The second-order valence-corrected chi connectivity index (χ2v) is 6.15. The summed E-state index contributed by atoms with van der Waals surface area (Å²) in [7, 11) is 0. The van der Waals surface area contributed by atoms with Crippen LogP contribution < -0.4 is 0 Å². The molecule has 0 saturated carbocycles. The van der Waals surface area contributed by atoms with Gasteiger partial charge in [0.15, 0.2) is 6.29 Å². The largest absolute Gasteiger partial charge is 0.388 e. The van der Waals surface area contributed by atoms with Crippen LogP contribution in [-0.2, 0) is 9.47 Å². The Morgan fingerprint density at radius 3 is 2.41 bits per heavy atom. The van der Waals surface area contributed by atoms with Crippen LogP contribution in [0.5, 0.6) is 0 Å². The van der Waals surface area contributed by atoms with E-state index >= 15 is 0 Å². The van der Waals surface area contributed by atoms with E-state index in [4.69, 9.17) is 9.47 Å². The molecule has 0 aromatic carbocycles. The third-order valence-electron chi connectivity index (χ3n) is 4.20. The van der Waals surface area contributed by atoms with Crippen LogP contribution in [0.2, 0.25) is 0 Å². The predicted octanol–water partition coefficient (Wildman–Crippen LogP) is 2.14. The SMILES string of the molecule is C=CCCC[C@H](CCCCC)O[C@@H]1O[C@H](C)[C@H](O)[C@H](O)[C@H]1O. The van der Waals surface area contributed by atoms with Gasteiger partial charge in [-0.2, -0.15) is 0 Å². The zero-order valence-corrected chi connectivity index (χ0v) is 13.9. The number of aliphatic hydroxyl groups is 3. The highest BCUT2D eigenvalue weighted by molar-refractivity contribution is 4.87. The average molecular weight is 316 g/mol. The normalized spacial score (nSPS) is 33.6. The third-order valence-corrected chi connectivity index (χ3v) is 4.20. The van der Waals surface area contributed by atoms with Gasteiger partial charge in [0.1, 0.15) is 18.3 Å². The van der Waals surface area contributed by atoms with Gasteiger partial charge >= 0.3 is 0 Å². The Bertz CT molecular complexity index is 309. The van der Waals surface area contributed by atoms with Crippen molar-refractivity contribution in [3.8, 4) is 0 Å². The van der Waals surface area contributed by atoms with Crippen LogP contribution in [-0.4, -0.2) is 52.1 Å². The fraction of sp³-hybridized carbons (Fsp3) is 0.882. The van der Waals surface area contributed by atoms with Crippen molar-refractivity contribution in [3.05, 3.63) is 12.7 Å². The summed E-state index contributed by atoms with van der Waals surface area (Å²) in [6.45, 7) is 7.54. The van der Waals surface area contributed by atoms with E-state index in [0.717, 1.165) is 44.9 Å². The fourth-order valence-corrected chi connectivity index (χ4v) is 2.71. The average Bonchev–Trinajstić information content (AvgIpc) is 2.50. The monoisotopic (exact) mass is 316 g/mol. The highest BCUT2D eigenvalue weighted by Gasteiger charge is 2.43. The number of rotatable bonds is 10. The van der Waals surface area contributed by atoms with Crippen molar-refractivity contribution in [2.75, 3.05) is 0 Å². The summed E-state index contributed by atoms with van der Waals surface area (Å²) in [4.78, 5) is 0. The Kier molecular flexibility index (Phi) is 9.21. The molecule has 1 aliphatic heterocycles. The molecule has 0 aromatic rings. The van der Waals surface area contributed by atoms with Crippen molar-refractivity contribution >= 4 is 0 Å². The molecule has 0 unspecified atom stereocenters. The lowest BCUT2D eigenvalue weighted by Crippen LogP contribution is -2.57. The maximum atomic E-state index is 10.0. The van der Waals surface area contributed by atoms with Crippen LogP contribution in [0.25, 0.3) is 0 Å². The summed E-state index contributed by atoms with van der Waals surface area (Å²) in [6, 6.07) is 0. The molecule has 22 heavy (non-hydrogen) atoms. The molecule has 5 heteroatoms. The molecule has 130 valence electrons. The van der Waals surface area contributed by atoms with Crippen molar-refractivity contribution in [1.29, 1.82) is 0 Å². The molecule has 1 heterocycles. The summed E-state index contributed by atoms with van der Waals surface area (Å²) >= 11 is 0.